The third-order valence-electron chi connectivity index (χ3n) is 4.69. The van der Waals surface area contributed by atoms with Gasteiger partial charge in [-0.05, 0) is 39.0 Å². The molecule has 0 amide bonds. The Labute approximate surface area is 156 Å². The zero-order chi connectivity index (χ0) is 19.1. The van der Waals surface area contributed by atoms with Crippen LogP contribution >= 0.6 is 0 Å². The number of pyridine rings is 1. The molecule has 0 unspecified atom stereocenters. The van der Waals surface area contributed by atoms with E-state index >= 15 is 0 Å². The molecule has 0 N–H and O–H groups in total. The van der Waals surface area contributed by atoms with Gasteiger partial charge in [-0.15, -0.1) is 0 Å². The summed E-state index contributed by atoms with van der Waals surface area (Å²) in [7, 11) is 1.93. The fourth-order valence-electron chi connectivity index (χ4n) is 3.30. The maximum atomic E-state index is 11.9. The van der Waals surface area contributed by atoms with Crippen LogP contribution in [0.5, 0.6) is 0 Å². The van der Waals surface area contributed by atoms with Crippen molar-refractivity contribution in [3.8, 4) is 22.5 Å². The van der Waals surface area contributed by atoms with Gasteiger partial charge in [0, 0.05) is 35.6 Å². The van der Waals surface area contributed by atoms with E-state index < -0.39 is 0 Å². The second kappa shape index (κ2) is 6.42. The Hall–Kier alpha value is -3.35. The Morgan fingerprint density at radius 1 is 1.30 bits per heavy atom. The number of rotatable bonds is 4. The van der Waals surface area contributed by atoms with Gasteiger partial charge in [-0.25, -0.2) is 9.31 Å². The van der Waals surface area contributed by atoms with Crippen LogP contribution in [0.25, 0.3) is 28.0 Å². The van der Waals surface area contributed by atoms with Crippen LogP contribution in [0.3, 0.4) is 0 Å². The second-order valence-electron chi connectivity index (χ2n) is 6.39. The molecule has 0 saturated carbocycles. The van der Waals surface area contributed by atoms with E-state index in [1.807, 2.05) is 54.6 Å². The van der Waals surface area contributed by atoms with E-state index in [1.54, 1.807) is 13.0 Å². The van der Waals surface area contributed by atoms with Gasteiger partial charge in [0.1, 0.15) is 12.0 Å². The van der Waals surface area contributed by atoms with Gasteiger partial charge in [0.15, 0.2) is 0 Å². The van der Waals surface area contributed by atoms with Crippen molar-refractivity contribution < 1.29 is 13.9 Å². The Balaban J connectivity index is 1.80. The number of fused-ring (bicyclic) bond motifs is 1. The molecule has 4 aromatic heterocycles. The first-order valence-corrected chi connectivity index (χ1v) is 8.73. The molecule has 138 valence electrons. The molecule has 4 aromatic rings. The second-order valence-corrected chi connectivity index (χ2v) is 6.39. The lowest BCUT2D eigenvalue weighted by molar-refractivity contribution is 0.0525. The topological polar surface area (TPSA) is 74.6 Å². The zero-order valence-corrected chi connectivity index (χ0v) is 15.7. The Morgan fingerprint density at radius 3 is 2.81 bits per heavy atom. The van der Waals surface area contributed by atoms with Crippen molar-refractivity contribution in [2.45, 2.75) is 20.8 Å². The summed E-state index contributed by atoms with van der Waals surface area (Å²) in [5.74, 6) is 0.215. The molecule has 0 saturated heterocycles. The first-order chi connectivity index (χ1) is 13.0. The van der Waals surface area contributed by atoms with Crippen LogP contribution in [0.1, 0.15) is 28.7 Å². The highest BCUT2D eigenvalue weighted by Gasteiger charge is 2.18. The Kier molecular flexibility index (Phi) is 4.07. The number of hydrogen-bond donors (Lipinski definition) is 0. The maximum absolute atomic E-state index is 11.9. The Morgan fingerprint density at radius 2 is 2.11 bits per heavy atom. The average molecular weight is 364 g/mol. The Bertz CT molecular complexity index is 1150. The van der Waals surface area contributed by atoms with Crippen LogP contribution in [-0.4, -0.2) is 32.0 Å². The standard InChI is InChI=1S/C20H20N4O3/c1-5-26-20(25)15-9-18(27-11-15)14-6-7-24-17(8-14)16(10-21-24)19-12(2)22-23(4)13(19)3/h6-11H,5H2,1-4H3. The van der Waals surface area contributed by atoms with Crippen LogP contribution in [0.4, 0.5) is 0 Å². The summed E-state index contributed by atoms with van der Waals surface area (Å²) in [6.07, 6.45) is 5.15. The van der Waals surface area contributed by atoms with Gasteiger partial charge in [0.25, 0.3) is 0 Å². The lowest BCUT2D eigenvalue weighted by Gasteiger charge is -2.03. The van der Waals surface area contributed by atoms with Crippen molar-refractivity contribution in [1.29, 1.82) is 0 Å². The summed E-state index contributed by atoms with van der Waals surface area (Å²) >= 11 is 0. The maximum Gasteiger partial charge on any atom is 0.341 e. The molecule has 0 aliphatic heterocycles. The summed E-state index contributed by atoms with van der Waals surface area (Å²) in [6.45, 7) is 6.14. The molecule has 0 bridgehead atoms. The van der Waals surface area contributed by atoms with Crippen molar-refractivity contribution in [2.75, 3.05) is 6.61 Å². The number of aryl methyl sites for hydroxylation is 2. The van der Waals surface area contributed by atoms with Crippen molar-refractivity contribution in [3.63, 3.8) is 0 Å². The predicted molar refractivity (Wildman–Crippen MR) is 101 cm³/mol. The molecule has 0 aromatic carbocycles. The number of carbonyl (C=O) groups is 1. The minimum atomic E-state index is -0.389. The molecule has 7 heteroatoms. The molecule has 4 rings (SSSR count). The molecule has 0 atom stereocenters. The predicted octanol–water partition coefficient (Wildman–Crippen LogP) is 3.79. The molecule has 0 aliphatic carbocycles. The summed E-state index contributed by atoms with van der Waals surface area (Å²) in [5.41, 5.74) is 6.33. The van der Waals surface area contributed by atoms with Crippen LogP contribution < -0.4 is 0 Å². The average Bonchev–Trinajstić information content (AvgIpc) is 3.34. The van der Waals surface area contributed by atoms with Gasteiger partial charge in [-0.2, -0.15) is 10.2 Å². The lowest BCUT2D eigenvalue weighted by atomic mass is 10.0. The van der Waals surface area contributed by atoms with E-state index in [0.29, 0.717) is 17.9 Å². The van der Waals surface area contributed by atoms with Gasteiger partial charge in [-0.1, -0.05) is 0 Å². The highest BCUT2D eigenvalue weighted by Crippen LogP contribution is 2.32. The molecule has 0 radical (unpaired) electrons. The van der Waals surface area contributed by atoms with E-state index in [4.69, 9.17) is 9.15 Å². The van der Waals surface area contributed by atoms with E-state index in [-0.39, 0.29) is 5.97 Å². The van der Waals surface area contributed by atoms with Crippen LogP contribution in [0.2, 0.25) is 0 Å². The monoisotopic (exact) mass is 364 g/mol. The summed E-state index contributed by atoms with van der Waals surface area (Å²) in [6, 6.07) is 5.60. The third-order valence-corrected chi connectivity index (χ3v) is 4.69. The van der Waals surface area contributed by atoms with E-state index in [9.17, 15) is 4.79 Å². The minimum absolute atomic E-state index is 0.328. The van der Waals surface area contributed by atoms with Crippen LogP contribution in [0.15, 0.2) is 41.3 Å². The number of aromatic nitrogens is 4. The van der Waals surface area contributed by atoms with Gasteiger partial charge >= 0.3 is 5.97 Å². The number of ether oxygens (including phenoxy) is 1. The van der Waals surface area contributed by atoms with E-state index in [0.717, 1.165) is 33.6 Å². The summed E-state index contributed by atoms with van der Waals surface area (Å²) < 4.78 is 14.3. The fraction of sp³-hybridized carbons (Fsp3) is 0.250. The van der Waals surface area contributed by atoms with E-state index in [2.05, 4.69) is 10.2 Å². The fourth-order valence-corrected chi connectivity index (χ4v) is 3.30. The number of furan rings is 1. The van der Waals surface area contributed by atoms with Crippen molar-refractivity contribution in [2.24, 2.45) is 7.05 Å². The SMILES string of the molecule is CCOC(=O)c1coc(-c2ccn3ncc(-c4c(C)nn(C)c4C)c3c2)c1. The molecule has 0 fully saturated rings. The van der Waals surface area contributed by atoms with Gasteiger partial charge in [0.2, 0.25) is 0 Å². The highest BCUT2D eigenvalue weighted by atomic mass is 16.5. The van der Waals surface area contributed by atoms with Gasteiger partial charge in [-0.3, -0.25) is 4.68 Å². The van der Waals surface area contributed by atoms with E-state index in [1.165, 1.54) is 6.26 Å². The highest BCUT2D eigenvalue weighted by molar-refractivity contribution is 5.91. The molecule has 27 heavy (non-hydrogen) atoms. The van der Waals surface area contributed by atoms with Crippen LogP contribution in [0, 0.1) is 13.8 Å². The number of hydrogen-bond acceptors (Lipinski definition) is 5. The lowest BCUT2D eigenvalue weighted by Crippen LogP contribution is -2.02. The molecular weight excluding hydrogens is 344 g/mol. The number of nitrogens with zero attached hydrogens (tertiary/aromatic N) is 4. The largest absolute Gasteiger partial charge is 0.463 e. The summed E-state index contributed by atoms with van der Waals surface area (Å²) in [5, 5.41) is 8.96. The van der Waals surface area contributed by atoms with Crippen molar-refractivity contribution in [3.05, 3.63) is 53.8 Å². The van der Waals surface area contributed by atoms with Gasteiger partial charge < -0.3 is 9.15 Å². The molecule has 4 heterocycles. The molecule has 0 spiro atoms. The summed E-state index contributed by atoms with van der Waals surface area (Å²) in [4.78, 5) is 11.9. The van der Waals surface area contributed by atoms with Gasteiger partial charge in [0.05, 0.1) is 29.6 Å². The minimum Gasteiger partial charge on any atom is -0.463 e. The van der Waals surface area contributed by atoms with Crippen molar-refractivity contribution >= 4 is 11.5 Å². The number of esters is 1. The first kappa shape index (κ1) is 17.1. The zero-order valence-electron chi connectivity index (χ0n) is 15.7. The van der Waals surface area contributed by atoms with Crippen LogP contribution in [-0.2, 0) is 11.8 Å². The van der Waals surface area contributed by atoms with Crippen molar-refractivity contribution in [1.82, 2.24) is 19.4 Å². The smallest absolute Gasteiger partial charge is 0.341 e. The normalized spacial score (nSPS) is 11.3. The molecule has 0 aliphatic rings. The molecule has 7 nitrogen and oxygen atoms in total. The number of carbonyl (C=O) groups excluding carboxylic acids is 1. The molecular formula is C20H20N4O3. The third kappa shape index (κ3) is 2.81. The quantitative estimate of drug-likeness (QED) is 0.515. The first-order valence-electron chi connectivity index (χ1n) is 8.73.